The van der Waals surface area contributed by atoms with Crippen molar-refractivity contribution in [1.82, 2.24) is 0 Å². The third kappa shape index (κ3) is 2.45. The van der Waals surface area contributed by atoms with Gasteiger partial charge in [-0.25, -0.2) is 0 Å². The van der Waals surface area contributed by atoms with E-state index in [-0.39, 0.29) is 0 Å². The summed E-state index contributed by atoms with van der Waals surface area (Å²) in [4.78, 5) is 0. The van der Waals surface area contributed by atoms with E-state index in [1.165, 1.54) is 19.3 Å². The van der Waals surface area contributed by atoms with Crippen molar-refractivity contribution in [2.75, 3.05) is 0 Å². The highest BCUT2D eigenvalue weighted by Crippen LogP contribution is 2.64. The maximum atomic E-state index is 2.63. The van der Waals surface area contributed by atoms with E-state index in [1.807, 2.05) is 5.57 Å². The molecule has 24 heavy (non-hydrogen) atoms. The minimum Gasteiger partial charge on any atom is -0.0879 e. The molecule has 5 aliphatic carbocycles. The summed E-state index contributed by atoms with van der Waals surface area (Å²) in [5.74, 6) is 7.74. The highest BCUT2D eigenvalue weighted by Gasteiger charge is 2.55. The monoisotopic (exact) mass is 326 g/mol. The van der Waals surface area contributed by atoms with E-state index >= 15 is 0 Å². The summed E-state index contributed by atoms with van der Waals surface area (Å²) in [5, 5.41) is 0. The van der Waals surface area contributed by atoms with Gasteiger partial charge in [-0.2, -0.15) is 0 Å². The zero-order valence-electron chi connectivity index (χ0n) is 16.1. The highest BCUT2D eigenvalue weighted by atomic mass is 14.6. The molecule has 0 heteroatoms. The normalized spacial score (nSPS) is 52.7. The minimum absolute atomic E-state index is 0.589. The van der Waals surface area contributed by atoms with Crippen LogP contribution in [0.3, 0.4) is 0 Å². The van der Waals surface area contributed by atoms with Gasteiger partial charge in [0.1, 0.15) is 0 Å². The summed E-state index contributed by atoms with van der Waals surface area (Å²) in [5.41, 5.74) is 2.41. The van der Waals surface area contributed by atoms with Crippen molar-refractivity contribution in [3.63, 3.8) is 0 Å². The average Bonchev–Trinajstić information content (AvgIpc) is 3.33. The lowest BCUT2D eigenvalue weighted by Gasteiger charge is -2.55. The van der Waals surface area contributed by atoms with Crippen LogP contribution >= 0.6 is 0 Å². The lowest BCUT2D eigenvalue weighted by molar-refractivity contribution is -0.0492. The summed E-state index contributed by atoms with van der Waals surface area (Å²) in [6, 6.07) is 0. The molecule has 7 unspecified atom stereocenters. The molecule has 0 aromatic carbocycles. The first-order valence-electron chi connectivity index (χ1n) is 11.3. The fourth-order valence-electron chi connectivity index (χ4n) is 8.31. The molecule has 7 atom stereocenters. The van der Waals surface area contributed by atoms with Gasteiger partial charge in [0.05, 0.1) is 0 Å². The number of allylic oxidation sites excluding steroid dienone is 2. The van der Waals surface area contributed by atoms with Gasteiger partial charge in [0.2, 0.25) is 0 Å². The van der Waals surface area contributed by atoms with Gasteiger partial charge in [-0.1, -0.05) is 37.8 Å². The first-order valence-corrected chi connectivity index (χ1v) is 11.3. The minimum atomic E-state index is 0.589. The van der Waals surface area contributed by atoms with Gasteiger partial charge in [0, 0.05) is 0 Å². The summed E-state index contributed by atoms with van der Waals surface area (Å²) in [7, 11) is 0. The number of hydrogen-bond donors (Lipinski definition) is 0. The van der Waals surface area contributed by atoms with Crippen LogP contribution in [0.15, 0.2) is 11.6 Å². The number of hydrogen-bond acceptors (Lipinski definition) is 0. The van der Waals surface area contributed by atoms with E-state index in [0.717, 1.165) is 41.4 Å². The first-order chi connectivity index (χ1) is 11.7. The number of rotatable bonds is 2. The standard InChI is InChI=1S/C24H38/c1-3-19-8-11-23-22-10-7-18-15-17(14-16-4-5-16)6-9-20(18)21(22)12-13-24(19,23)2/h3,16-18,20-23H,4-15H2,1-2H3/b19-3-. The second kappa shape index (κ2) is 5.88. The molecule has 0 spiro atoms. The van der Waals surface area contributed by atoms with E-state index < -0.39 is 0 Å². The van der Waals surface area contributed by atoms with Crippen LogP contribution in [0.4, 0.5) is 0 Å². The zero-order chi connectivity index (χ0) is 16.3. The molecule has 0 aromatic heterocycles. The van der Waals surface area contributed by atoms with Crippen LogP contribution in [0.25, 0.3) is 0 Å². The SMILES string of the molecule is C/C=C1/CCC2C3CCC4CC(CC5CC5)CCC4C3CCC12C. The molecular formula is C24H38. The van der Waals surface area contributed by atoms with E-state index in [1.54, 1.807) is 57.8 Å². The Hall–Kier alpha value is -0.260. The first kappa shape index (κ1) is 16.0. The Morgan fingerprint density at radius 2 is 1.67 bits per heavy atom. The second-order valence-corrected chi connectivity index (χ2v) is 10.6. The van der Waals surface area contributed by atoms with E-state index in [9.17, 15) is 0 Å². The molecule has 5 aliphatic rings. The van der Waals surface area contributed by atoms with Gasteiger partial charge in [0.25, 0.3) is 0 Å². The van der Waals surface area contributed by atoms with Crippen molar-refractivity contribution in [3.05, 3.63) is 11.6 Å². The van der Waals surface area contributed by atoms with Crippen molar-refractivity contribution in [3.8, 4) is 0 Å². The number of fused-ring (bicyclic) bond motifs is 5. The van der Waals surface area contributed by atoms with Gasteiger partial charge < -0.3 is 0 Å². The average molecular weight is 327 g/mol. The Morgan fingerprint density at radius 1 is 0.875 bits per heavy atom. The van der Waals surface area contributed by atoms with Crippen molar-refractivity contribution in [2.45, 2.75) is 90.9 Å². The van der Waals surface area contributed by atoms with Crippen LogP contribution in [0.2, 0.25) is 0 Å². The lowest BCUT2D eigenvalue weighted by atomic mass is 9.49. The second-order valence-electron chi connectivity index (χ2n) is 10.6. The molecule has 5 rings (SSSR count). The molecule has 0 amide bonds. The predicted octanol–water partition coefficient (Wildman–Crippen LogP) is 7.00. The van der Waals surface area contributed by atoms with Gasteiger partial charge in [0.15, 0.2) is 0 Å². The van der Waals surface area contributed by atoms with Crippen LogP contribution in [-0.2, 0) is 0 Å². The van der Waals surface area contributed by atoms with Crippen molar-refractivity contribution in [1.29, 1.82) is 0 Å². The Bertz CT molecular complexity index is 512. The fraction of sp³-hybridized carbons (Fsp3) is 0.917. The largest absolute Gasteiger partial charge is 0.0879 e. The topological polar surface area (TPSA) is 0 Å². The molecule has 0 nitrogen and oxygen atoms in total. The molecule has 0 radical (unpaired) electrons. The molecule has 0 saturated heterocycles. The summed E-state index contributed by atoms with van der Waals surface area (Å²) in [6.07, 6.45) is 21.2. The highest BCUT2D eigenvalue weighted by molar-refractivity contribution is 5.23. The van der Waals surface area contributed by atoms with Crippen molar-refractivity contribution in [2.24, 2.45) is 46.8 Å². The maximum absolute atomic E-state index is 2.63. The van der Waals surface area contributed by atoms with Crippen LogP contribution in [-0.4, -0.2) is 0 Å². The fourth-order valence-corrected chi connectivity index (χ4v) is 8.31. The predicted molar refractivity (Wildman–Crippen MR) is 102 cm³/mol. The third-order valence-electron chi connectivity index (χ3n) is 9.62. The lowest BCUT2D eigenvalue weighted by Crippen LogP contribution is -2.47. The Balaban J connectivity index is 1.31. The third-order valence-corrected chi connectivity index (χ3v) is 9.62. The molecule has 134 valence electrons. The van der Waals surface area contributed by atoms with Crippen LogP contribution in [0.1, 0.15) is 90.9 Å². The molecule has 0 N–H and O–H groups in total. The molecular weight excluding hydrogens is 288 g/mol. The van der Waals surface area contributed by atoms with Crippen molar-refractivity contribution < 1.29 is 0 Å². The van der Waals surface area contributed by atoms with Gasteiger partial charge in [-0.15, -0.1) is 0 Å². The molecule has 0 bridgehead atoms. The van der Waals surface area contributed by atoms with Crippen LogP contribution in [0.5, 0.6) is 0 Å². The van der Waals surface area contributed by atoms with Crippen molar-refractivity contribution >= 4 is 0 Å². The molecule has 0 heterocycles. The molecule has 0 aromatic rings. The Morgan fingerprint density at radius 3 is 2.46 bits per heavy atom. The molecule has 5 saturated carbocycles. The van der Waals surface area contributed by atoms with E-state index in [2.05, 4.69) is 19.9 Å². The maximum Gasteiger partial charge on any atom is -0.00853 e. The summed E-state index contributed by atoms with van der Waals surface area (Å²) < 4.78 is 0. The van der Waals surface area contributed by atoms with Crippen LogP contribution in [0, 0.1) is 46.8 Å². The van der Waals surface area contributed by atoms with Crippen LogP contribution < -0.4 is 0 Å². The summed E-state index contributed by atoms with van der Waals surface area (Å²) in [6.45, 7) is 4.93. The smallest absolute Gasteiger partial charge is 0.00853 e. The van der Waals surface area contributed by atoms with E-state index in [0.29, 0.717) is 5.41 Å². The molecule has 0 aliphatic heterocycles. The quantitative estimate of drug-likeness (QED) is 0.479. The Labute approximate surface area is 149 Å². The summed E-state index contributed by atoms with van der Waals surface area (Å²) >= 11 is 0. The molecule has 5 fully saturated rings. The van der Waals surface area contributed by atoms with Gasteiger partial charge in [-0.3, -0.25) is 0 Å². The zero-order valence-corrected chi connectivity index (χ0v) is 16.1. The van der Waals surface area contributed by atoms with Gasteiger partial charge >= 0.3 is 0 Å². The Kier molecular flexibility index (Phi) is 3.91. The van der Waals surface area contributed by atoms with E-state index in [4.69, 9.17) is 0 Å². The van der Waals surface area contributed by atoms with Gasteiger partial charge in [-0.05, 0) is 112 Å².